The number of nitro benzene ring substituents is 1. The number of carbonyl (C=O) groups excluding carboxylic acids is 1. The van der Waals surface area contributed by atoms with Gasteiger partial charge in [-0.2, -0.15) is 0 Å². The maximum absolute atomic E-state index is 12.0. The number of nitrogens with one attached hydrogen (secondary N) is 1. The number of nitrogens with zero attached hydrogens (tertiary/aromatic N) is 1. The van der Waals surface area contributed by atoms with Crippen molar-refractivity contribution in [2.24, 2.45) is 0 Å². The van der Waals surface area contributed by atoms with Crippen LogP contribution in [-0.4, -0.2) is 24.5 Å². The summed E-state index contributed by atoms with van der Waals surface area (Å²) < 4.78 is 10.6. The molecular weight excluding hydrogens is 360 g/mol. The third-order valence-corrected chi connectivity index (χ3v) is 3.85. The summed E-state index contributed by atoms with van der Waals surface area (Å²) in [5.74, 6) is 0.733. The first-order valence-electron chi connectivity index (χ1n) is 7.92. The second kappa shape index (κ2) is 9.05. The Morgan fingerprint density at radius 1 is 1.27 bits per heavy atom. The van der Waals surface area contributed by atoms with Crippen molar-refractivity contribution in [2.75, 3.05) is 19.0 Å². The zero-order chi connectivity index (χ0) is 19.1. The number of aryl methyl sites for hydroxylation is 1. The summed E-state index contributed by atoms with van der Waals surface area (Å²) in [5, 5.41) is 14.3. The lowest BCUT2D eigenvalue weighted by molar-refractivity contribution is -0.384. The van der Waals surface area contributed by atoms with E-state index in [2.05, 4.69) is 5.32 Å². The molecule has 2 aromatic rings. The van der Waals surface area contributed by atoms with Crippen molar-refractivity contribution in [3.05, 3.63) is 57.1 Å². The van der Waals surface area contributed by atoms with Crippen LogP contribution >= 0.6 is 11.6 Å². The molecule has 2 rings (SSSR count). The van der Waals surface area contributed by atoms with E-state index >= 15 is 0 Å². The van der Waals surface area contributed by atoms with Crippen LogP contribution in [-0.2, 0) is 4.79 Å². The zero-order valence-corrected chi connectivity index (χ0v) is 15.2. The van der Waals surface area contributed by atoms with Crippen LogP contribution in [0.1, 0.15) is 18.4 Å². The molecule has 0 saturated heterocycles. The number of ether oxygens (including phenoxy) is 2. The molecule has 26 heavy (non-hydrogen) atoms. The van der Waals surface area contributed by atoms with E-state index in [-0.39, 0.29) is 23.7 Å². The lowest BCUT2D eigenvalue weighted by atomic mass is 10.2. The first kappa shape index (κ1) is 19.5. The number of methoxy groups -OCH3 is 1. The quantitative estimate of drug-likeness (QED) is 0.418. The highest BCUT2D eigenvalue weighted by Crippen LogP contribution is 2.29. The molecule has 0 aliphatic carbocycles. The minimum Gasteiger partial charge on any atom is -0.496 e. The Morgan fingerprint density at radius 2 is 2.04 bits per heavy atom. The topological polar surface area (TPSA) is 90.7 Å². The number of hydrogen-bond acceptors (Lipinski definition) is 5. The predicted octanol–water partition coefficient (Wildman–Crippen LogP) is 4.36. The van der Waals surface area contributed by atoms with Gasteiger partial charge in [0.2, 0.25) is 5.91 Å². The zero-order valence-electron chi connectivity index (χ0n) is 14.5. The third kappa shape index (κ3) is 5.35. The van der Waals surface area contributed by atoms with Gasteiger partial charge in [-0.25, -0.2) is 0 Å². The van der Waals surface area contributed by atoms with Gasteiger partial charge < -0.3 is 14.8 Å². The Labute approximate surface area is 156 Å². The molecular formula is C18H19ClN2O5. The van der Waals surface area contributed by atoms with Gasteiger partial charge in [-0.15, -0.1) is 0 Å². The Bertz CT molecular complexity index is 810. The predicted molar refractivity (Wildman–Crippen MR) is 99.2 cm³/mol. The fourth-order valence-corrected chi connectivity index (χ4v) is 2.52. The van der Waals surface area contributed by atoms with Crippen LogP contribution in [0.5, 0.6) is 11.5 Å². The van der Waals surface area contributed by atoms with E-state index < -0.39 is 4.92 Å². The van der Waals surface area contributed by atoms with Crippen molar-refractivity contribution < 1.29 is 19.2 Å². The molecule has 0 atom stereocenters. The number of rotatable bonds is 8. The Morgan fingerprint density at radius 3 is 2.69 bits per heavy atom. The van der Waals surface area contributed by atoms with Crippen molar-refractivity contribution in [1.82, 2.24) is 0 Å². The molecule has 0 spiro atoms. The van der Waals surface area contributed by atoms with Crippen LogP contribution in [0.15, 0.2) is 36.4 Å². The lowest BCUT2D eigenvalue weighted by Gasteiger charge is -2.10. The van der Waals surface area contributed by atoms with Crippen LogP contribution in [0.3, 0.4) is 0 Å². The summed E-state index contributed by atoms with van der Waals surface area (Å²) in [7, 11) is 1.42. The molecule has 1 N–H and O–H groups in total. The number of hydrogen-bond donors (Lipinski definition) is 1. The van der Waals surface area contributed by atoms with E-state index in [0.717, 1.165) is 5.56 Å². The van der Waals surface area contributed by atoms with Gasteiger partial charge in [-0.05, 0) is 49.2 Å². The average Bonchev–Trinajstić information content (AvgIpc) is 2.60. The van der Waals surface area contributed by atoms with Gasteiger partial charge in [0.05, 0.1) is 24.7 Å². The molecule has 0 aromatic heterocycles. The monoisotopic (exact) mass is 378 g/mol. The first-order chi connectivity index (χ1) is 12.4. The molecule has 0 bridgehead atoms. The molecule has 0 fully saturated rings. The number of amides is 1. The number of halogens is 1. The van der Waals surface area contributed by atoms with Gasteiger partial charge in [0, 0.05) is 11.4 Å². The van der Waals surface area contributed by atoms with Gasteiger partial charge in [0.1, 0.15) is 17.2 Å². The molecule has 0 aliphatic heterocycles. The summed E-state index contributed by atoms with van der Waals surface area (Å²) >= 11 is 5.89. The van der Waals surface area contributed by atoms with E-state index in [4.69, 9.17) is 21.1 Å². The standard InChI is InChI=1S/C18H19ClN2O5/c1-12-10-13(19)5-8-17(12)26-9-3-4-18(22)20-15-7-6-14(25-2)11-16(15)21(23)24/h5-8,10-11H,3-4,9H2,1-2H3,(H,20,22). The Hall–Kier alpha value is -2.80. The fraction of sp³-hybridized carbons (Fsp3) is 0.278. The first-order valence-corrected chi connectivity index (χ1v) is 8.29. The van der Waals surface area contributed by atoms with Crippen molar-refractivity contribution >= 4 is 28.9 Å². The highest BCUT2D eigenvalue weighted by Gasteiger charge is 2.17. The van der Waals surface area contributed by atoms with E-state index in [9.17, 15) is 14.9 Å². The molecule has 0 heterocycles. The smallest absolute Gasteiger partial charge is 0.296 e. The van der Waals surface area contributed by atoms with Gasteiger partial charge in [-0.3, -0.25) is 14.9 Å². The molecule has 0 radical (unpaired) electrons. The van der Waals surface area contributed by atoms with Crippen LogP contribution in [0.4, 0.5) is 11.4 Å². The van der Waals surface area contributed by atoms with Crippen molar-refractivity contribution in [2.45, 2.75) is 19.8 Å². The maximum atomic E-state index is 12.0. The summed E-state index contributed by atoms with van der Waals surface area (Å²) in [4.78, 5) is 22.6. The van der Waals surface area contributed by atoms with Gasteiger partial charge >= 0.3 is 0 Å². The molecule has 7 nitrogen and oxygen atoms in total. The maximum Gasteiger partial charge on any atom is 0.296 e. The number of benzene rings is 2. The fourth-order valence-electron chi connectivity index (χ4n) is 2.30. The van der Waals surface area contributed by atoms with E-state index in [1.54, 1.807) is 24.3 Å². The molecule has 138 valence electrons. The average molecular weight is 379 g/mol. The molecule has 1 amide bonds. The second-order valence-corrected chi connectivity index (χ2v) is 5.99. The highest BCUT2D eigenvalue weighted by molar-refractivity contribution is 6.30. The minimum atomic E-state index is -0.565. The largest absolute Gasteiger partial charge is 0.496 e. The van der Waals surface area contributed by atoms with Crippen LogP contribution in [0.25, 0.3) is 0 Å². The van der Waals surface area contributed by atoms with E-state index in [0.29, 0.717) is 29.5 Å². The second-order valence-electron chi connectivity index (χ2n) is 5.55. The summed E-state index contributed by atoms with van der Waals surface area (Å²) in [6.45, 7) is 2.23. The summed E-state index contributed by atoms with van der Waals surface area (Å²) in [6.07, 6.45) is 0.647. The van der Waals surface area contributed by atoms with Crippen LogP contribution < -0.4 is 14.8 Å². The lowest BCUT2D eigenvalue weighted by Crippen LogP contribution is -2.14. The SMILES string of the molecule is COc1ccc(NC(=O)CCCOc2ccc(Cl)cc2C)c([N+](=O)[O-])c1. The molecule has 0 saturated carbocycles. The summed E-state index contributed by atoms with van der Waals surface area (Å²) in [6, 6.07) is 9.57. The normalized spacial score (nSPS) is 10.3. The Kier molecular flexibility index (Phi) is 6.80. The molecule has 0 aliphatic rings. The highest BCUT2D eigenvalue weighted by atomic mass is 35.5. The van der Waals surface area contributed by atoms with Crippen LogP contribution in [0, 0.1) is 17.0 Å². The molecule has 8 heteroatoms. The molecule has 0 unspecified atom stereocenters. The number of anilines is 1. The van der Waals surface area contributed by atoms with Crippen LogP contribution in [0.2, 0.25) is 5.02 Å². The Balaban J connectivity index is 1.86. The molecule has 2 aromatic carbocycles. The minimum absolute atomic E-state index is 0.135. The summed E-state index contributed by atoms with van der Waals surface area (Å²) in [5.41, 5.74) is 0.830. The van der Waals surface area contributed by atoms with Gasteiger partial charge in [-0.1, -0.05) is 11.6 Å². The van der Waals surface area contributed by atoms with Crippen molar-refractivity contribution in [1.29, 1.82) is 0 Å². The van der Waals surface area contributed by atoms with Crippen molar-refractivity contribution in [3.63, 3.8) is 0 Å². The van der Waals surface area contributed by atoms with E-state index in [1.165, 1.54) is 19.2 Å². The number of nitro groups is 1. The van der Waals surface area contributed by atoms with Gasteiger partial charge in [0.15, 0.2) is 0 Å². The number of carbonyl (C=O) groups is 1. The third-order valence-electron chi connectivity index (χ3n) is 3.62. The van der Waals surface area contributed by atoms with Gasteiger partial charge in [0.25, 0.3) is 5.69 Å². The van der Waals surface area contributed by atoms with Crippen molar-refractivity contribution in [3.8, 4) is 11.5 Å². The van der Waals surface area contributed by atoms with E-state index in [1.807, 2.05) is 6.92 Å².